The van der Waals surface area contributed by atoms with Gasteiger partial charge in [0.2, 0.25) is 0 Å². The molecule has 3 aromatic rings. The van der Waals surface area contributed by atoms with Gasteiger partial charge >= 0.3 is 11.9 Å². The fourth-order valence-corrected chi connectivity index (χ4v) is 3.89. The SMILES string of the molecule is COC(=O)C[C@H](c1c(O)c(C(=O)OC)c[nH]c1=O)c1cc2ccccc2n(CC(C)C)c1=O. The Hall–Kier alpha value is -3.88. The number of hydrogen-bond donors (Lipinski definition) is 2. The number of aromatic amines is 1. The van der Waals surface area contributed by atoms with Crippen molar-refractivity contribution >= 4 is 22.8 Å². The van der Waals surface area contributed by atoms with Gasteiger partial charge in [-0.05, 0) is 23.4 Å². The Morgan fingerprint density at radius 3 is 2.45 bits per heavy atom. The minimum atomic E-state index is -1.17. The molecule has 0 unspecified atom stereocenters. The lowest BCUT2D eigenvalue weighted by molar-refractivity contribution is -0.140. The Morgan fingerprint density at radius 2 is 1.82 bits per heavy atom. The van der Waals surface area contributed by atoms with Gasteiger partial charge in [-0.2, -0.15) is 0 Å². The highest BCUT2D eigenvalue weighted by atomic mass is 16.5. The van der Waals surface area contributed by atoms with Gasteiger partial charge < -0.3 is 24.1 Å². The zero-order valence-corrected chi connectivity index (χ0v) is 18.9. The highest BCUT2D eigenvalue weighted by molar-refractivity contribution is 5.92. The zero-order valence-electron chi connectivity index (χ0n) is 18.9. The summed E-state index contributed by atoms with van der Waals surface area (Å²) in [6.45, 7) is 4.34. The molecule has 2 heterocycles. The fraction of sp³-hybridized carbons (Fsp3) is 0.333. The predicted molar refractivity (Wildman–Crippen MR) is 122 cm³/mol. The number of aromatic nitrogens is 2. The summed E-state index contributed by atoms with van der Waals surface area (Å²) >= 11 is 0. The van der Waals surface area contributed by atoms with Crippen LogP contribution in [0.2, 0.25) is 0 Å². The van der Waals surface area contributed by atoms with E-state index in [9.17, 15) is 24.3 Å². The van der Waals surface area contributed by atoms with Gasteiger partial charge in [0.25, 0.3) is 11.1 Å². The first-order valence-corrected chi connectivity index (χ1v) is 10.4. The maximum atomic E-state index is 13.6. The molecule has 0 amide bonds. The van der Waals surface area contributed by atoms with E-state index in [0.717, 1.165) is 18.7 Å². The first-order chi connectivity index (χ1) is 15.7. The van der Waals surface area contributed by atoms with Crippen molar-refractivity contribution in [1.29, 1.82) is 0 Å². The van der Waals surface area contributed by atoms with Crippen molar-refractivity contribution in [2.45, 2.75) is 32.7 Å². The van der Waals surface area contributed by atoms with E-state index in [1.165, 1.54) is 7.11 Å². The van der Waals surface area contributed by atoms with E-state index in [-0.39, 0.29) is 22.6 Å². The topological polar surface area (TPSA) is 128 Å². The van der Waals surface area contributed by atoms with E-state index in [2.05, 4.69) is 9.72 Å². The number of nitrogens with zero attached hydrogens (tertiary/aromatic N) is 1. The van der Waals surface area contributed by atoms with Gasteiger partial charge in [0, 0.05) is 24.2 Å². The van der Waals surface area contributed by atoms with Crippen LogP contribution in [0.15, 0.2) is 46.1 Å². The van der Waals surface area contributed by atoms with Crippen LogP contribution in [0.4, 0.5) is 0 Å². The Balaban J connectivity index is 2.37. The number of hydrogen-bond acceptors (Lipinski definition) is 7. The molecule has 1 atom stereocenters. The van der Waals surface area contributed by atoms with Crippen LogP contribution in [-0.2, 0) is 20.8 Å². The third-order valence-electron chi connectivity index (χ3n) is 5.41. The largest absolute Gasteiger partial charge is 0.506 e. The number of esters is 2. The van der Waals surface area contributed by atoms with Crippen LogP contribution < -0.4 is 11.1 Å². The highest BCUT2D eigenvalue weighted by Gasteiger charge is 2.31. The fourth-order valence-electron chi connectivity index (χ4n) is 3.89. The minimum Gasteiger partial charge on any atom is -0.506 e. The molecule has 1 aromatic carbocycles. The number of para-hydroxylation sites is 1. The molecule has 0 fully saturated rings. The molecule has 2 aromatic heterocycles. The predicted octanol–water partition coefficient (Wildman–Crippen LogP) is 2.53. The van der Waals surface area contributed by atoms with E-state index in [1.807, 2.05) is 38.1 Å². The summed E-state index contributed by atoms with van der Waals surface area (Å²) in [5.74, 6) is -3.24. The van der Waals surface area contributed by atoms with Gasteiger partial charge in [0.05, 0.1) is 31.7 Å². The molecule has 9 heteroatoms. The number of fused-ring (bicyclic) bond motifs is 1. The molecular weight excluding hydrogens is 428 g/mol. The van der Waals surface area contributed by atoms with Crippen molar-refractivity contribution in [3.8, 4) is 5.75 Å². The molecule has 3 rings (SSSR count). The number of rotatable bonds is 7. The number of ether oxygens (including phenoxy) is 2. The molecule has 0 saturated carbocycles. The molecule has 0 bridgehead atoms. The third kappa shape index (κ3) is 4.67. The number of carbonyl (C=O) groups excluding carboxylic acids is 2. The first kappa shape index (κ1) is 23.8. The minimum absolute atomic E-state index is 0.127. The van der Waals surface area contributed by atoms with Crippen LogP contribution in [0, 0.1) is 5.92 Å². The number of H-pyrrole nitrogens is 1. The summed E-state index contributed by atoms with van der Waals surface area (Å²) in [6.07, 6.45) is 0.632. The van der Waals surface area contributed by atoms with Crippen molar-refractivity contribution in [3.63, 3.8) is 0 Å². The summed E-state index contributed by atoms with van der Waals surface area (Å²) in [6, 6.07) is 8.87. The summed E-state index contributed by atoms with van der Waals surface area (Å²) < 4.78 is 11.0. The van der Waals surface area contributed by atoms with Gasteiger partial charge in [0.15, 0.2) is 0 Å². The lowest BCUT2D eigenvalue weighted by Crippen LogP contribution is -2.31. The lowest BCUT2D eigenvalue weighted by atomic mass is 9.87. The van der Waals surface area contributed by atoms with Crippen LogP contribution in [-0.4, -0.2) is 40.8 Å². The quantitative estimate of drug-likeness (QED) is 0.525. The van der Waals surface area contributed by atoms with Crippen molar-refractivity contribution in [3.05, 3.63) is 73.9 Å². The number of benzene rings is 1. The number of methoxy groups -OCH3 is 2. The molecular formula is C24H26N2O7. The van der Waals surface area contributed by atoms with Crippen molar-refractivity contribution in [2.75, 3.05) is 14.2 Å². The number of aromatic hydroxyl groups is 1. The average molecular weight is 454 g/mol. The summed E-state index contributed by atoms with van der Waals surface area (Å²) in [5, 5.41) is 11.6. The van der Waals surface area contributed by atoms with Gasteiger partial charge in [-0.1, -0.05) is 32.0 Å². The molecule has 174 valence electrons. The zero-order chi connectivity index (χ0) is 24.3. The van der Waals surface area contributed by atoms with Crippen LogP contribution >= 0.6 is 0 Å². The first-order valence-electron chi connectivity index (χ1n) is 10.4. The van der Waals surface area contributed by atoms with Gasteiger partial charge in [0.1, 0.15) is 11.3 Å². The Morgan fingerprint density at radius 1 is 1.12 bits per heavy atom. The summed E-state index contributed by atoms with van der Waals surface area (Å²) in [5.41, 5.74) is -0.881. The molecule has 0 spiro atoms. The van der Waals surface area contributed by atoms with E-state index >= 15 is 0 Å². The molecule has 0 radical (unpaired) electrons. The molecule has 0 aliphatic heterocycles. The van der Waals surface area contributed by atoms with Crippen LogP contribution in [0.5, 0.6) is 5.75 Å². The molecule has 0 aliphatic carbocycles. The van der Waals surface area contributed by atoms with Gasteiger partial charge in [-0.15, -0.1) is 0 Å². The number of nitrogens with one attached hydrogen (secondary N) is 1. The van der Waals surface area contributed by atoms with E-state index in [4.69, 9.17) is 4.74 Å². The molecule has 33 heavy (non-hydrogen) atoms. The molecule has 2 N–H and O–H groups in total. The average Bonchev–Trinajstić information content (AvgIpc) is 2.79. The number of pyridine rings is 2. The standard InChI is InChI=1S/C24H26N2O7/c1-13(2)12-26-18-8-6-5-7-14(18)9-16(23(26)30)15(10-19(27)32-3)20-21(28)17(24(31)33-4)11-25-22(20)29/h5-9,11,13,15H,10,12H2,1-4H3,(H2,25,28,29)/t15-/m0/s1. The molecule has 0 aliphatic rings. The van der Waals surface area contributed by atoms with Gasteiger partial charge in [-0.25, -0.2) is 4.79 Å². The van der Waals surface area contributed by atoms with Crippen LogP contribution in [0.1, 0.15) is 47.7 Å². The normalized spacial score (nSPS) is 12.0. The van der Waals surface area contributed by atoms with E-state index in [1.54, 1.807) is 10.6 Å². The second kappa shape index (κ2) is 9.72. The van der Waals surface area contributed by atoms with Crippen molar-refractivity contribution < 1.29 is 24.2 Å². The molecule has 0 saturated heterocycles. The second-order valence-electron chi connectivity index (χ2n) is 8.09. The monoisotopic (exact) mass is 454 g/mol. The smallest absolute Gasteiger partial charge is 0.343 e. The summed E-state index contributed by atoms with van der Waals surface area (Å²) in [7, 11) is 2.32. The van der Waals surface area contributed by atoms with Crippen LogP contribution in [0.25, 0.3) is 10.9 Å². The van der Waals surface area contributed by atoms with Crippen molar-refractivity contribution in [1.82, 2.24) is 9.55 Å². The Kier molecular flexibility index (Phi) is 7.01. The second-order valence-corrected chi connectivity index (χ2v) is 8.09. The van der Waals surface area contributed by atoms with Crippen molar-refractivity contribution in [2.24, 2.45) is 5.92 Å². The lowest BCUT2D eigenvalue weighted by Gasteiger charge is -2.21. The highest BCUT2D eigenvalue weighted by Crippen LogP contribution is 2.33. The van der Waals surface area contributed by atoms with E-state index < -0.39 is 41.1 Å². The maximum Gasteiger partial charge on any atom is 0.343 e. The van der Waals surface area contributed by atoms with E-state index in [0.29, 0.717) is 12.1 Å². The molecule has 9 nitrogen and oxygen atoms in total. The number of carbonyl (C=O) groups is 2. The summed E-state index contributed by atoms with van der Waals surface area (Å²) in [4.78, 5) is 53.2. The maximum absolute atomic E-state index is 13.6. The third-order valence-corrected chi connectivity index (χ3v) is 5.41. The van der Waals surface area contributed by atoms with Crippen LogP contribution in [0.3, 0.4) is 0 Å². The Bertz CT molecular complexity index is 1320. The van der Waals surface area contributed by atoms with Gasteiger partial charge in [-0.3, -0.25) is 14.4 Å². The Labute approximate surface area is 189 Å².